The summed E-state index contributed by atoms with van der Waals surface area (Å²) in [6.45, 7) is 5.50. The fraction of sp³-hybridized carbons (Fsp3) is 0.182. The molecule has 0 fully saturated rings. The van der Waals surface area contributed by atoms with Gasteiger partial charge in [-0.1, -0.05) is 42.0 Å². The summed E-state index contributed by atoms with van der Waals surface area (Å²) in [6.07, 6.45) is 0. The monoisotopic (exact) mass is 405 g/mol. The van der Waals surface area contributed by atoms with Gasteiger partial charge >= 0.3 is 0 Å². The molecule has 0 saturated heterocycles. The van der Waals surface area contributed by atoms with Crippen LogP contribution in [0.1, 0.15) is 38.1 Å². The lowest BCUT2D eigenvalue weighted by Gasteiger charge is -2.21. The van der Waals surface area contributed by atoms with E-state index >= 15 is 0 Å². The van der Waals surface area contributed by atoms with Gasteiger partial charge in [0.25, 0.3) is 11.8 Å². The summed E-state index contributed by atoms with van der Waals surface area (Å²) in [7, 11) is 0. The molecule has 1 atom stereocenters. The van der Waals surface area contributed by atoms with E-state index in [-0.39, 0.29) is 0 Å². The molecule has 146 valence electrons. The van der Waals surface area contributed by atoms with Gasteiger partial charge in [-0.15, -0.1) is 11.3 Å². The first-order chi connectivity index (χ1) is 13.9. The standard InChI is InChI=1S/C22H19N3O3S/c1-12-8-10-15(11-9-12)18-14(3)29-22(23-18)24-19(26)13(2)25-20(27)16-6-4-5-7-17(16)21(25)28/h4-11,13H,1-3H3,(H,23,24,26). The van der Waals surface area contributed by atoms with Crippen LogP contribution in [0.4, 0.5) is 5.13 Å². The number of benzene rings is 2. The molecule has 0 radical (unpaired) electrons. The third-order valence-corrected chi connectivity index (χ3v) is 5.83. The van der Waals surface area contributed by atoms with Gasteiger partial charge in [-0.25, -0.2) is 4.98 Å². The van der Waals surface area contributed by atoms with Gasteiger partial charge in [0.1, 0.15) is 6.04 Å². The van der Waals surface area contributed by atoms with Crippen molar-refractivity contribution in [2.24, 2.45) is 0 Å². The molecule has 1 aromatic heterocycles. The Kier molecular flexibility index (Phi) is 4.76. The molecule has 6 nitrogen and oxygen atoms in total. The molecule has 29 heavy (non-hydrogen) atoms. The molecule has 4 rings (SSSR count). The number of aromatic nitrogens is 1. The largest absolute Gasteiger partial charge is 0.300 e. The second kappa shape index (κ2) is 7.25. The number of rotatable bonds is 4. The number of hydrogen-bond acceptors (Lipinski definition) is 5. The normalized spacial score (nSPS) is 14.1. The number of fused-ring (bicyclic) bond motifs is 1. The van der Waals surface area contributed by atoms with Gasteiger partial charge < -0.3 is 5.32 Å². The van der Waals surface area contributed by atoms with E-state index in [2.05, 4.69) is 10.3 Å². The van der Waals surface area contributed by atoms with E-state index in [1.54, 1.807) is 31.2 Å². The number of imide groups is 1. The molecule has 1 N–H and O–H groups in total. The average molecular weight is 405 g/mol. The van der Waals surface area contributed by atoms with E-state index in [0.29, 0.717) is 16.3 Å². The highest BCUT2D eigenvalue weighted by Gasteiger charge is 2.40. The van der Waals surface area contributed by atoms with Crippen LogP contribution in [0.5, 0.6) is 0 Å². The van der Waals surface area contributed by atoms with Gasteiger partial charge in [-0.2, -0.15) is 0 Å². The number of carbonyl (C=O) groups is 3. The maximum atomic E-state index is 12.8. The van der Waals surface area contributed by atoms with Crippen molar-refractivity contribution in [2.45, 2.75) is 26.8 Å². The number of nitrogens with zero attached hydrogens (tertiary/aromatic N) is 2. The van der Waals surface area contributed by atoms with Crippen molar-refractivity contribution in [2.75, 3.05) is 5.32 Å². The first kappa shape index (κ1) is 19.0. The first-order valence-electron chi connectivity index (χ1n) is 9.19. The Morgan fingerprint density at radius 1 is 1.00 bits per heavy atom. The predicted octanol–water partition coefficient (Wildman–Crippen LogP) is 4.05. The van der Waals surface area contributed by atoms with Gasteiger partial charge in [0.05, 0.1) is 16.8 Å². The number of amides is 3. The minimum Gasteiger partial charge on any atom is -0.300 e. The summed E-state index contributed by atoms with van der Waals surface area (Å²) in [4.78, 5) is 44.4. The van der Waals surface area contributed by atoms with Gasteiger partial charge in [-0.3, -0.25) is 19.3 Å². The first-order valence-corrected chi connectivity index (χ1v) is 10.0. The predicted molar refractivity (Wildman–Crippen MR) is 112 cm³/mol. The smallest absolute Gasteiger partial charge is 0.262 e. The van der Waals surface area contributed by atoms with Crippen molar-refractivity contribution >= 4 is 34.2 Å². The Morgan fingerprint density at radius 2 is 1.59 bits per heavy atom. The van der Waals surface area contributed by atoms with E-state index in [1.807, 2.05) is 38.1 Å². The highest BCUT2D eigenvalue weighted by atomic mass is 32.1. The van der Waals surface area contributed by atoms with Crippen molar-refractivity contribution in [1.29, 1.82) is 0 Å². The topological polar surface area (TPSA) is 79.4 Å². The summed E-state index contributed by atoms with van der Waals surface area (Å²) >= 11 is 1.36. The van der Waals surface area contributed by atoms with Gasteiger partial charge in [-0.05, 0) is 32.9 Å². The minimum absolute atomic E-state index is 0.323. The van der Waals surface area contributed by atoms with Crippen molar-refractivity contribution < 1.29 is 14.4 Å². The fourth-order valence-corrected chi connectivity index (χ4v) is 4.15. The zero-order chi connectivity index (χ0) is 20.7. The zero-order valence-electron chi connectivity index (χ0n) is 16.2. The van der Waals surface area contributed by atoms with Crippen LogP contribution in [0.2, 0.25) is 0 Å². The lowest BCUT2D eigenvalue weighted by Crippen LogP contribution is -2.45. The van der Waals surface area contributed by atoms with Crippen LogP contribution >= 0.6 is 11.3 Å². The fourth-order valence-electron chi connectivity index (χ4n) is 3.32. The molecule has 3 aromatic rings. The number of hydrogen-bond donors (Lipinski definition) is 1. The third kappa shape index (κ3) is 3.34. The third-order valence-electron chi connectivity index (χ3n) is 4.94. The van der Waals surface area contributed by atoms with Gasteiger partial charge in [0, 0.05) is 10.4 Å². The van der Waals surface area contributed by atoms with Crippen LogP contribution in [0, 0.1) is 13.8 Å². The lowest BCUT2D eigenvalue weighted by atomic mass is 10.1. The number of nitrogens with one attached hydrogen (secondary N) is 1. The average Bonchev–Trinajstić information content (AvgIpc) is 3.19. The Bertz CT molecular complexity index is 1100. The molecular weight excluding hydrogens is 386 g/mol. The number of aryl methyl sites for hydroxylation is 2. The maximum absolute atomic E-state index is 12.8. The van der Waals surface area contributed by atoms with Crippen LogP contribution in [-0.4, -0.2) is 33.6 Å². The van der Waals surface area contributed by atoms with E-state index in [4.69, 9.17) is 0 Å². The van der Waals surface area contributed by atoms with E-state index in [9.17, 15) is 14.4 Å². The van der Waals surface area contributed by atoms with Gasteiger partial charge in [0.15, 0.2) is 5.13 Å². The molecule has 7 heteroatoms. The summed E-state index contributed by atoms with van der Waals surface area (Å²) < 4.78 is 0. The second-order valence-corrected chi connectivity index (χ2v) is 8.18. The van der Waals surface area contributed by atoms with E-state index in [1.165, 1.54) is 11.3 Å². The Hall–Kier alpha value is -3.32. The van der Waals surface area contributed by atoms with Crippen molar-refractivity contribution in [3.05, 3.63) is 70.1 Å². The highest BCUT2D eigenvalue weighted by Crippen LogP contribution is 2.31. The van der Waals surface area contributed by atoms with Crippen LogP contribution in [0.3, 0.4) is 0 Å². The second-order valence-electron chi connectivity index (χ2n) is 6.98. The number of carbonyl (C=O) groups excluding carboxylic acids is 3. The van der Waals surface area contributed by atoms with E-state index < -0.39 is 23.8 Å². The number of thiazole rings is 1. The quantitative estimate of drug-likeness (QED) is 0.664. The summed E-state index contributed by atoms with van der Waals surface area (Å²) in [5, 5.41) is 3.19. The molecule has 0 saturated carbocycles. The SMILES string of the molecule is Cc1ccc(-c2nc(NC(=O)C(C)N3C(=O)c4ccccc4C3=O)sc2C)cc1. The molecule has 1 unspecified atom stereocenters. The zero-order valence-corrected chi connectivity index (χ0v) is 17.0. The molecule has 3 amide bonds. The van der Waals surface area contributed by atoms with Crippen molar-refractivity contribution in [3.63, 3.8) is 0 Å². The van der Waals surface area contributed by atoms with Crippen LogP contribution < -0.4 is 5.32 Å². The van der Waals surface area contributed by atoms with Crippen LogP contribution in [0.25, 0.3) is 11.3 Å². The highest BCUT2D eigenvalue weighted by molar-refractivity contribution is 7.16. The Labute approximate surface area is 172 Å². The molecular formula is C22H19N3O3S. The Balaban J connectivity index is 1.53. The maximum Gasteiger partial charge on any atom is 0.262 e. The summed E-state index contributed by atoms with van der Waals surface area (Å²) in [5.74, 6) is -1.36. The van der Waals surface area contributed by atoms with Crippen LogP contribution in [-0.2, 0) is 4.79 Å². The molecule has 1 aliphatic rings. The molecule has 2 heterocycles. The van der Waals surface area contributed by atoms with Gasteiger partial charge in [0.2, 0.25) is 5.91 Å². The molecule has 0 bridgehead atoms. The van der Waals surface area contributed by atoms with E-state index in [0.717, 1.165) is 26.6 Å². The van der Waals surface area contributed by atoms with Crippen molar-refractivity contribution in [1.82, 2.24) is 9.88 Å². The minimum atomic E-state index is -0.950. The molecule has 2 aromatic carbocycles. The molecule has 0 aliphatic carbocycles. The molecule has 1 aliphatic heterocycles. The molecule has 0 spiro atoms. The number of anilines is 1. The van der Waals surface area contributed by atoms with Crippen molar-refractivity contribution in [3.8, 4) is 11.3 Å². The summed E-state index contributed by atoms with van der Waals surface area (Å²) in [6, 6.07) is 13.6. The summed E-state index contributed by atoms with van der Waals surface area (Å²) in [5.41, 5.74) is 3.58. The van der Waals surface area contributed by atoms with Crippen LogP contribution in [0.15, 0.2) is 48.5 Å². The Morgan fingerprint density at radius 3 is 2.17 bits per heavy atom. The lowest BCUT2D eigenvalue weighted by molar-refractivity contribution is -0.119.